The van der Waals surface area contributed by atoms with Gasteiger partial charge in [-0.2, -0.15) is 0 Å². The van der Waals surface area contributed by atoms with E-state index in [-0.39, 0.29) is 5.78 Å². The smallest absolute Gasteiger partial charge is 0.203 e. The standard InChI is InChI=1S/C9H12O3S/c1-9(2,11)8(10)6-4-5-7(12-3)13-6/h4-5,11H,1-3H3. The Bertz CT molecular complexity index is 309. The maximum Gasteiger partial charge on any atom is 0.203 e. The lowest BCUT2D eigenvalue weighted by atomic mass is 10.0. The second-order valence-corrected chi connectivity index (χ2v) is 4.26. The summed E-state index contributed by atoms with van der Waals surface area (Å²) in [5.74, 6) is -0.277. The van der Waals surface area contributed by atoms with Gasteiger partial charge in [0.1, 0.15) is 5.60 Å². The largest absolute Gasteiger partial charge is 0.487 e. The van der Waals surface area contributed by atoms with Crippen LogP contribution in [0.25, 0.3) is 0 Å². The minimum atomic E-state index is -1.31. The van der Waals surface area contributed by atoms with E-state index in [4.69, 9.17) is 4.74 Å². The zero-order valence-electron chi connectivity index (χ0n) is 7.83. The molecule has 3 nitrogen and oxygen atoms in total. The normalized spacial score (nSPS) is 11.4. The van der Waals surface area contributed by atoms with E-state index in [0.717, 1.165) is 0 Å². The summed E-state index contributed by atoms with van der Waals surface area (Å²) in [5, 5.41) is 10.1. The Kier molecular flexibility index (Phi) is 2.73. The highest BCUT2D eigenvalue weighted by Crippen LogP contribution is 2.26. The SMILES string of the molecule is COc1ccc(C(=O)C(C)(C)O)s1. The molecule has 1 aromatic heterocycles. The number of Topliss-reactive ketones (excluding diaryl/α,β-unsaturated/α-hetero) is 1. The number of hydrogen-bond donors (Lipinski definition) is 1. The van der Waals surface area contributed by atoms with Gasteiger partial charge in [0, 0.05) is 0 Å². The van der Waals surface area contributed by atoms with Gasteiger partial charge in [0.2, 0.25) is 5.78 Å². The predicted octanol–water partition coefficient (Wildman–Crippen LogP) is 1.71. The lowest BCUT2D eigenvalue weighted by molar-refractivity contribution is 0.0492. The number of carbonyl (C=O) groups excluding carboxylic acids is 1. The average Bonchev–Trinajstić information content (AvgIpc) is 2.48. The summed E-state index contributed by atoms with van der Waals surface area (Å²) in [4.78, 5) is 12.0. The van der Waals surface area contributed by atoms with Crippen molar-refractivity contribution in [3.05, 3.63) is 17.0 Å². The minimum absolute atomic E-state index is 0.277. The van der Waals surface area contributed by atoms with Crippen LogP contribution in [0, 0.1) is 0 Å². The Balaban J connectivity index is 2.90. The number of rotatable bonds is 3. The van der Waals surface area contributed by atoms with Gasteiger partial charge in [0.15, 0.2) is 5.06 Å². The van der Waals surface area contributed by atoms with Gasteiger partial charge in [-0.05, 0) is 26.0 Å². The van der Waals surface area contributed by atoms with E-state index < -0.39 is 5.60 Å². The van der Waals surface area contributed by atoms with E-state index in [1.165, 1.54) is 25.2 Å². The topological polar surface area (TPSA) is 46.5 Å². The van der Waals surface area contributed by atoms with Gasteiger partial charge >= 0.3 is 0 Å². The molecular formula is C9H12O3S. The van der Waals surface area contributed by atoms with Gasteiger partial charge in [0.25, 0.3) is 0 Å². The second kappa shape index (κ2) is 3.47. The lowest BCUT2D eigenvalue weighted by Gasteiger charge is -2.13. The first-order valence-corrected chi connectivity index (χ1v) is 4.68. The second-order valence-electron chi connectivity index (χ2n) is 3.21. The summed E-state index contributed by atoms with van der Waals surface area (Å²) in [6, 6.07) is 3.37. The molecule has 0 saturated carbocycles. The van der Waals surface area contributed by atoms with Crippen molar-refractivity contribution < 1.29 is 14.6 Å². The van der Waals surface area contributed by atoms with Crippen LogP contribution in [0.1, 0.15) is 23.5 Å². The van der Waals surface area contributed by atoms with E-state index in [1.807, 2.05) is 0 Å². The minimum Gasteiger partial charge on any atom is -0.487 e. The van der Waals surface area contributed by atoms with Crippen molar-refractivity contribution in [1.82, 2.24) is 0 Å². The maximum absolute atomic E-state index is 11.5. The van der Waals surface area contributed by atoms with Crippen molar-refractivity contribution in [2.24, 2.45) is 0 Å². The lowest BCUT2D eigenvalue weighted by Crippen LogP contribution is -2.30. The highest BCUT2D eigenvalue weighted by molar-refractivity contribution is 7.15. The summed E-state index contributed by atoms with van der Waals surface area (Å²) >= 11 is 1.24. The molecule has 0 aliphatic carbocycles. The number of aliphatic hydroxyl groups is 1. The van der Waals surface area contributed by atoms with Crippen LogP contribution < -0.4 is 4.74 Å². The maximum atomic E-state index is 11.5. The monoisotopic (exact) mass is 200 g/mol. The quantitative estimate of drug-likeness (QED) is 0.755. The van der Waals surface area contributed by atoms with Crippen LogP contribution in [-0.4, -0.2) is 23.6 Å². The van der Waals surface area contributed by atoms with Gasteiger partial charge in [-0.15, -0.1) is 0 Å². The summed E-state index contributed by atoms with van der Waals surface area (Å²) in [6.07, 6.45) is 0. The number of ether oxygens (including phenoxy) is 1. The fourth-order valence-electron chi connectivity index (χ4n) is 0.853. The molecule has 0 saturated heterocycles. The molecule has 0 spiro atoms. The Morgan fingerprint density at radius 3 is 2.54 bits per heavy atom. The average molecular weight is 200 g/mol. The number of hydrogen-bond acceptors (Lipinski definition) is 4. The van der Waals surface area contributed by atoms with Gasteiger partial charge in [-0.3, -0.25) is 4.79 Å². The number of thiophene rings is 1. The van der Waals surface area contributed by atoms with Crippen molar-refractivity contribution in [3.63, 3.8) is 0 Å². The van der Waals surface area contributed by atoms with E-state index in [9.17, 15) is 9.90 Å². The molecule has 0 aromatic carbocycles. The van der Waals surface area contributed by atoms with Gasteiger partial charge in [-0.25, -0.2) is 0 Å². The van der Waals surface area contributed by atoms with Gasteiger partial charge < -0.3 is 9.84 Å². The molecule has 1 aromatic rings. The number of carbonyl (C=O) groups is 1. The fourth-order valence-corrected chi connectivity index (χ4v) is 1.77. The highest BCUT2D eigenvalue weighted by atomic mass is 32.1. The molecule has 72 valence electrons. The first kappa shape index (κ1) is 10.2. The van der Waals surface area contributed by atoms with Crippen LogP contribution in [-0.2, 0) is 0 Å². The molecule has 0 atom stereocenters. The first-order valence-electron chi connectivity index (χ1n) is 3.86. The van der Waals surface area contributed by atoms with Crippen molar-refractivity contribution in [2.45, 2.75) is 19.4 Å². The molecule has 0 bridgehead atoms. The third-order valence-corrected chi connectivity index (χ3v) is 2.61. The fraction of sp³-hybridized carbons (Fsp3) is 0.444. The summed E-state index contributed by atoms with van der Waals surface area (Å²) < 4.78 is 4.94. The van der Waals surface area contributed by atoms with E-state index >= 15 is 0 Å². The predicted molar refractivity (Wildman–Crippen MR) is 51.5 cm³/mol. The van der Waals surface area contributed by atoms with Gasteiger partial charge in [0.05, 0.1) is 12.0 Å². The van der Waals surface area contributed by atoms with E-state index in [1.54, 1.807) is 19.2 Å². The zero-order valence-corrected chi connectivity index (χ0v) is 8.64. The Morgan fingerprint density at radius 2 is 2.15 bits per heavy atom. The van der Waals surface area contributed by atoms with Crippen LogP contribution in [0.2, 0.25) is 0 Å². The van der Waals surface area contributed by atoms with Crippen LogP contribution in [0.3, 0.4) is 0 Å². The molecule has 0 aliphatic heterocycles. The molecule has 0 fully saturated rings. The molecule has 0 radical (unpaired) electrons. The molecule has 1 N–H and O–H groups in total. The summed E-state index contributed by atoms with van der Waals surface area (Å²) in [6.45, 7) is 2.95. The van der Waals surface area contributed by atoms with Crippen molar-refractivity contribution in [1.29, 1.82) is 0 Å². The van der Waals surface area contributed by atoms with Crippen LogP contribution >= 0.6 is 11.3 Å². The third-order valence-electron chi connectivity index (χ3n) is 1.56. The highest BCUT2D eigenvalue weighted by Gasteiger charge is 2.26. The number of ketones is 1. The van der Waals surface area contributed by atoms with E-state index in [0.29, 0.717) is 9.94 Å². The van der Waals surface area contributed by atoms with Crippen LogP contribution in [0.4, 0.5) is 0 Å². The molecule has 13 heavy (non-hydrogen) atoms. The van der Waals surface area contributed by atoms with Gasteiger partial charge in [-0.1, -0.05) is 11.3 Å². The van der Waals surface area contributed by atoms with Crippen molar-refractivity contribution >= 4 is 17.1 Å². The molecule has 1 heterocycles. The van der Waals surface area contributed by atoms with E-state index in [2.05, 4.69) is 0 Å². The van der Waals surface area contributed by atoms with Crippen LogP contribution in [0.5, 0.6) is 5.06 Å². The molecule has 1 rings (SSSR count). The van der Waals surface area contributed by atoms with Crippen molar-refractivity contribution in [3.8, 4) is 5.06 Å². The Labute approximate surface area is 81.0 Å². The summed E-state index contributed by atoms with van der Waals surface area (Å²) in [7, 11) is 1.55. The molecule has 0 unspecified atom stereocenters. The molecule has 0 amide bonds. The zero-order chi connectivity index (χ0) is 10.1. The van der Waals surface area contributed by atoms with Crippen LogP contribution in [0.15, 0.2) is 12.1 Å². The summed E-state index contributed by atoms with van der Waals surface area (Å²) in [5.41, 5.74) is -1.31. The van der Waals surface area contributed by atoms with Crippen molar-refractivity contribution in [2.75, 3.05) is 7.11 Å². The third kappa shape index (κ3) is 2.29. The Hall–Kier alpha value is -0.870. The first-order chi connectivity index (χ1) is 5.95. The molecule has 0 aliphatic rings. The number of methoxy groups -OCH3 is 1. The molecular weight excluding hydrogens is 188 g/mol. The molecule has 4 heteroatoms. The Morgan fingerprint density at radius 1 is 1.54 bits per heavy atom.